The van der Waals surface area contributed by atoms with Crippen LogP contribution in [0, 0.1) is 0 Å². The van der Waals surface area contributed by atoms with Gasteiger partial charge in [-0.05, 0) is 142 Å². The van der Waals surface area contributed by atoms with Crippen molar-refractivity contribution in [1.29, 1.82) is 0 Å². The molecule has 24 nitrogen and oxygen atoms in total. The molecule has 6 aromatic rings. The fourth-order valence-corrected chi connectivity index (χ4v) is 12.1. The molecule has 0 aliphatic carbocycles. The van der Waals surface area contributed by atoms with Gasteiger partial charge in [0.1, 0.15) is 0 Å². The average molecular weight is 1250 g/mol. The third kappa shape index (κ3) is 17.6. The smallest absolute Gasteiger partial charge is 0.243 e. The average Bonchev–Trinajstić information content (AvgIpc) is 3.45. The normalized spacial score (nSPS) is 15.8. The second-order valence-electron chi connectivity index (χ2n) is 16.1. The highest BCUT2D eigenvalue weighted by atomic mass is 35.5. The van der Waals surface area contributed by atoms with Crippen molar-refractivity contribution in [2.24, 2.45) is 0 Å². The SMILES string of the molecule is O=S(=O)(c1ccc(NCCNc2nc(Cl)nc(Cl)n2)cc1)N1C/C=C/CN(S(=O)(=O)c2ccc(NCCNc3nc(Cl)nc(Cl)n3)cc2)C/C=C/CN(S(=O)(=O)c2ccc(NCCNc3nc(Cl)nc(Cl)n3)cc2)C/C=C/C1. The van der Waals surface area contributed by atoms with Gasteiger partial charge in [0.05, 0.1) is 14.7 Å². The maximum absolute atomic E-state index is 14.3. The van der Waals surface area contributed by atoms with Gasteiger partial charge in [0.25, 0.3) is 0 Å². The number of halogens is 6. The van der Waals surface area contributed by atoms with E-state index < -0.39 is 30.1 Å². The monoisotopic (exact) mass is 1240 g/mol. The Morgan fingerprint density at radius 3 is 0.705 bits per heavy atom. The Morgan fingerprint density at radius 1 is 0.308 bits per heavy atom. The second kappa shape index (κ2) is 28.4. The molecule has 0 atom stereocenters. The van der Waals surface area contributed by atoms with Crippen molar-refractivity contribution in [2.75, 3.05) is 110 Å². The van der Waals surface area contributed by atoms with E-state index in [2.05, 4.69) is 76.8 Å². The van der Waals surface area contributed by atoms with Crippen molar-refractivity contribution < 1.29 is 25.3 Å². The van der Waals surface area contributed by atoms with E-state index in [1.165, 1.54) is 49.3 Å². The lowest BCUT2D eigenvalue weighted by Crippen LogP contribution is -2.33. The van der Waals surface area contributed by atoms with Gasteiger partial charge in [-0.2, -0.15) is 57.8 Å². The number of benzene rings is 3. The molecule has 4 heterocycles. The van der Waals surface area contributed by atoms with Gasteiger partial charge in [-0.3, -0.25) is 0 Å². The summed E-state index contributed by atoms with van der Waals surface area (Å²) >= 11 is 35.1. The largest absolute Gasteiger partial charge is 0.383 e. The van der Waals surface area contributed by atoms with Crippen molar-refractivity contribution in [3.63, 3.8) is 0 Å². The number of rotatable bonds is 21. The van der Waals surface area contributed by atoms with Crippen LogP contribution in [0.3, 0.4) is 0 Å². The van der Waals surface area contributed by atoms with Crippen LogP contribution in [0.25, 0.3) is 0 Å². The molecule has 0 spiro atoms. The molecule has 3 aromatic carbocycles. The number of nitrogens with one attached hydrogen (secondary N) is 6. The van der Waals surface area contributed by atoms with Crippen LogP contribution in [-0.4, -0.2) is 162 Å². The van der Waals surface area contributed by atoms with E-state index in [0.29, 0.717) is 56.3 Å². The molecule has 78 heavy (non-hydrogen) atoms. The van der Waals surface area contributed by atoms with Crippen LogP contribution in [0.2, 0.25) is 31.7 Å². The Hall–Kier alpha value is -5.82. The maximum atomic E-state index is 14.3. The van der Waals surface area contributed by atoms with Crippen LogP contribution in [0.1, 0.15) is 0 Å². The predicted octanol–water partition coefficient (Wildman–Crippen LogP) is 6.79. The molecule has 0 amide bonds. The number of sulfonamides is 3. The first kappa shape index (κ1) is 59.8. The quantitative estimate of drug-likeness (QED) is 0.0319. The molecule has 6 N–H and O–H groups in total. The minimum Gasteiger partial charge on any atom is -0.383 e. The summed E-state index contributed by atoms with van der Waals surface area (Å²) in [6, 6.07) is 18.4. The molecular formula is C45H48Cl6N18O6S3. The summed E-state index contributed by atoms with van der Waals surface area (Å²) in [7, 11) is -12.5. The fourth-order valence-electron chi connectivity index (χ4n) is 7.00. The zero-order valence-corrected chi connectivity index (χ0v) is 47.7. The Labute approximate surface area is 480 Å². The Morgan fingerprint density at radius 2 is 0.500 bits per heavy atom. The first-order valence-electron chi connectivity index (χ1n) is 23.3. The molecule has 0 unspecified atom stereocenters. The van der Waals surface area contributed by atoms with Crippen LogP contribution in [0.4, 0.5) is 34.9 Å². The highest BCUT2D eigenvalue weighted by Crippen LogP contribution is 2.23. The lowest BCUT2D eigenvalue weighted by atomic mass is 10.3. The van der Waals surface area contributed by atoms with Gasteiger partial charge < -0.3 is 31.9 Å². The number of hydrogen-bond donors (Lipinski definition) is 6. The zero-order chi connectivity index (χ0) is 55.7. The van der Waals surface area contributed by atoms with Crippen LogP contribution < -0.4 is 31.9 Å². The van der Waals surface area contributed by atoms with Gasteiger partial charge in [0, 0.05) is 95.6 Å². The molecule has 0 saturated carbocycles. The summed E-state index contributed by atoms with van der Waals surface area (Å²) < 4.78 is 89.3. The first-order chi connectivity index (χ1) is 37.3. The summed E-state index contributed by atoms with van der Waals surface area (Å²) in [4.78, 5) is 34.8. The fraction of sp³-hybridized carbons (Fsp3) is 0.267. The molecule has 33 heteroatoms. The second-order valence-corrected chi connectivity index (χ2v) is 23.9. The standard InChI is InChI=1S/C45H48Cl6N18O6S3/c46-37-58-38(47)62-43(61-37)55-22-19-52-31-7-13-34(14-8-31)76(70,71)67-25-1-2-26-68(77(72,73)35-15-9-32(10-16-35)53-20-23-56-44-63-39(48)59-40(49)64-44)28-5-6-30-69(29-4-3-27-67)78(74,75)36-17-11-33(12-18-36)54-21-24-57-45-65-41(50)60-42(51)66-45/h1-18,52-54H,19-30H2,(H,55,58,61,62)(H,56,59,63,64)(H,57,60,65,66)/b2-1+,4-3+,6-5+. The molecule has 0 fully saturated rings. The molecule has 0 bridgehead atoms. The van der Waals surface area contributed by atoms with E-state index >= 15 is 0 Å². The summed E-state index contributed by atoms with van der Waals surface area (Å²) in [6.45, 7) is 1.30. The Bertz CT molecular complexity index is 2990. The van der Waals surface area contributed by atoms with Crippen molar-refractivity contribution in [3.05, 3.63) is 141 Å². The lowest BCUT2D eigenvalue weighted by Gasteiger charge is -2.21. The van der Waals surface area contributed by atoms with Crippen molar-refractivity contribution in [1.82, 2.24) is 57.8 Å². The van der Waals surface area contributed by atoms with Crippen LogP contribution in [0.15, 0.2) is 124 Å². The first-order valence-corrected chi connectivity index (χ1v) is 29.8. The van der Waals surface area contributed by atoms with E-state index in [1.807, 2.05) is 0 Å². The van der Waals surface area contributed by atoms with Gasteiger partial charge in [0.2, 0.25) is 79.6 Å². The molecule has 7 rings (SSSR count). The van der Waals surface area contributed by atoms with Crippen LogP contribution >= 0.6 is 69.6 Å². The topological polar surface area (TPSA) is 300 Å². The van der Waals surface area contributed by atoms with E-state index in [0.717, 1.165) is 0 Å². The van der Waals surface area contributed by atoms with E-state index in [1.54, 1.807) is 72.9 Å². The molecule has 1 aliphatic heterocycles. The predicted molar refractivity (Wildman–Crippen MR) is 304 cm³/mol. The number of hydrogen-bond acceptors (Lipinski definition) is 21. The third-order valence-corrected chi connectivity index (χ3v) is 17.3. The molecule has 1 aliphatic rings. The number of anilines is 6. The van der Waals surface area contributed by atoms with Gasteiger partial charge in [-0.25, -0.2) is 25.3 Å². The maximum Gasteiger partial charge on any atom is 0.243 e. The van der Waals surface area contributed by atoms with Crippen molar-refractivity contribution >= 4 is 135 Å². The minimum absolute atomic E-state index is 0.0171. The Kier molecular flexibility index (Phi) is 21.8. The van der Waals surface area contributed by atoms with E-state index in [4.69, 9.17) is 69.6 Å². The molecule has 3 aromatic heterocycles. The summed E-state index contributed by atoms with van der Waals surface area (Å²) in [5.74, 6) is 0.568. The number of aromatic nitrogens is 9. The highest BCUT2D eigenvalue weighted by molar-refractivity contribution is 7.89. The van der Waals surface area contributed by atoms with Gasteiger partial charge in [-0.15, -0.1) is 0 Å². The highest BCUT2D eigenvalue weighted by Gasteiger charge is 2.27. The van der Waals surface area contributed by atoms with E-state index in [9.17, 15) is 25.3 Å². The lowest BCUT2D eigenvalue weighted by molar-refractivity contribution is 0.465. The van der Waals surface area contributed by atoms with Crippen LogP contribution in [0.5, 0.6) is 0 Å². The van der Waals surface area contributed by atoms with Gasteiger partial charge in [0.15, 0.2) is 0 Å². The zero-order valence-electron chi connectivity index (χ0n) is 40.7. The molecule has 0 saturated heterocycles. The third-order valence-electron chi connectivity index (χ3n) is 10.8. The van der Waals surface area contributed by atoms with Crippen molar-refractivity contribution in [2.45, 2.75) is 14.7 Å². The van der Waals surface area contributed by atoms with Crippen molar-refractivity contribution in [3.8, 4) is 0 Å². The molecule has 414 valence electrons. The summed E-state index contributed by atoms with van der Waals surface area (Å²) in [6.07, 6.45) is 9.42. The molecular weight excluding hydrogens is 1200 g/mol. The molecule has 0 radical (unpaired) electrons. The Balaban J connectivity index is 1.06. The van der Waals surface area contributed by atoms with Gasteiger partial charge in [-0.1, -0.05) is 36.5 Å². The van der Waals surface area contributed by atoms with E-state index in [-0.39, 0.29) is 104 Å². The van der Waals surface area contributed by atoms with Gasteiger partial charge >= 0.3 is 0 Å². The summed E-state index contributed by atoms with van der Waals surface area (Å²) in [5.41, 5.74) is 1.86. The van der Waals surface area contributed by atoms with Crippen LogP contribution in [-0.2, 0) is 30.1 Å². The number of nitrogens with zero attached hydrogens (tertiary/aromatic N) is 12. The summed E-state index contributed by atoms with van der Waals surface area (Å²) in [5, 5.41) is 18.1. The minimum atomic E-state index is -4.18.